The molecule has 0 bridgehead atoms. The van der Waals surface area contributed by atoms with E-state index in [1.165, 1.54) is 29.8 Å². The number of hydrogen-bond donors (Lipinski definition) is 2. The van der Waals surface area contributed by atoms with E-state index in [-0.39, 0.29) is 10.6 Å². The number of rotatable bonds is 8. The average molecular weight is 521 g/mol. The van der Waals surface area contributed by atoms with E-state index in [1.807, 2.05) is 5.32 Å². The van der Waals surface area contributed by atoms with Crippen LogP contribution in [0.3, 0.4) is 0 Å². The molecule has 34 heavy (non-hydrogen) atoms. The molecule has 1 aliphatic carbocycles. The molecule has 1 aromatic heterocycles. The van der Waals surface area contributed by atoms with Crippen LogP contribution in [0.25, 0.3) is 0 Å². The van der Waals surface area contributed by atoms with Gasteiger partial charge in [-0.1, -0.05) is 18.2 Å². The molecule has 0 saturated heterocycles. The lowest BCUT2D eigenvalue weighted by atomic mass is 9.95. The van der Waals surface area contributed by atoms with Gasteiger partial charge in [-0.15, -0.1) is 11.3 Å². The number of thiophene rings is 1. The molecule has 0 saturated carbocycles. The summed E-state index contributed by atoms with van der Waals surface area (Å²) in [6.07, 6.45) is -3.04. The van der Waals surface area contributed by atoms with Gasteiger partial charge >= 0.3 is 18.1 Å². The fourth-order valence-electron chi connectivity index (χ4n) is 3.60. The standard InChI is InChI=1S/C21H23F3N2O6S2/c1-3-32-19(28)20(21(22,23)24,26-34(29,30)13-9-5-4-6-10-13)25-17-16(18(27)31-2)14-11-7-8-12-15(14)33-17/h4-6,9-10,25-26H,3,7-8,11-12H2,1-2H3/t20-/m1/s1. The molecule has 3 rings (SSSR count). The number of hydrogen-bond acceptors (Lipinski definition) is 8. The predicted octanol–water partition coefficient (Wildman–Crippen LogP) is 3.63. The maximum absolute atomic E-state index is 14.6. The highest BCUT2D eigenvalue weighted by molar-refractivity contribution is 7.89. The first-order valence-electron chi connectivity index (χ1n) is 10.3. The van der Waals surface area contributed by atoms with Crippen molar-refractivity contribution < 1.29 is 40.7 Å². The summed E-state index contributed by atoms with van der Waals surface area (Å²) >= 11 is 0.851. The highest BCUT2D eigenvalue weighted by atomic mass is 32.2. The number of fused-ring (bicyclic) bond motifs is 1. The topological polar surface area (TPSA) is 111 Å². The summed E-state index contributed by atoms with van der Waals surface area (Å²) in [5.74, 6) is -2.81. The second-order valence-electron chi connectivity index (χ2n) is 7.42. The normalized spacial score (nSPS) is 15.7. The molecule has 2 aromatic rings. The Labute approximate surface area is 198 Å². The molecule has 0 unspecified atom stereocenters. The van der Waals surface area contributed by atoms with E-state index in [0.29, 0.717) is 23.3 Å². The molecular formula is C21H23F3N2O6S2. The van der Waals surface area contributed by atoms with Crippen LogP contribution in [0.15, 0.2) is 35.2 Å². The van der Waals surface area contributed by atoms with Crippen LogP contribution in [-0.4, -0.2) is 45.9 Å². The third kappa shape index (κ3) is 4.91. The van der Waals surface area contributed by atoms with Crippen molar-refractivity contribution in [3.63, 3.8) is 0 Å². The molecule has 1 atom stereocenters. The molecule has 8 nitrogen and oxygen atoms in total. The number of aryl methyl sites for hydroxylation is 1. The minimum Gasteiger partial charge on any atom is -0.465 e. The van der Waals surface area contributed by atoms with Crippen LogP contribution in [0.4, 0.5) is 18.2 Å². The lowest BCUT2D eigenvalue weighted by molar-refractivity contribution is -0.202. The zero-order chi connectivity index (χ0) is 25.1. The summed E-state index contributed by atoms with van der Waals surface area (Å²) in [6.45, 7) is 0.838. The molecule has 2 N–H and O–H groups in total. The first kappa shape index (κ1) is 26.0. The van der Waals surface area contributed by atoms with Crippen LogP contribution in [0.1, 0.15) is 40.6 Å². The summed E-state index contributed by atoms with van der Waals surface area (Å²) in [5, 5.41) is 1.68. The smallest absolute Gasteiger partial charge is 0.437 e. The summed E-state index contributed by atoms with van der Waals surface area (Å²) in [7, 11) is -3.79. The fourth-order valence-corrected chi connectivity index (χ4v) is 6.22. The number of ether oxygens (including phenoxy) is 2. The maximum atomic E-state index is 14.6. The second kappa shape index (κ2) is 9.92. The SMILES string of the molecule is CCOC(=O)[C@@](Nc1sc2c(c1C(=O)OC)CCCC2)(NS(=O)(=O)c1ccccc1)C(F)(F)F. The number of methoxy groups -OCH3 is 1. The van der Waals surface area contributed by atoms with Gasteiger partial charge < -0.3 is 14.8 Å². The van der Waals surface area contributed by atoms with Gasteiger partial charge in [0.2, 0.25) is 10.0 Å². The maximum Gasteiger partial charge on any atom is 0.437 e. The first-order chi connectivity index (χ1) is 16.0. The van der Waals surface area contributed by atoms with E-state index >= 15 is 0 Å². The summed E-state index contributed by atoms with van der Waals surface area (Å²) < 4.78 is 80.5. The van der Waals surface area contributed by atoms with Gasteiger partial charge in [0.15, 0.2) is 0 Å². The van der Waals surface area contributed by atoms with Crippen molar-refractivity contribution in [3.05, 3.63) is 46.3 Å². The fraction of sp³-hybridized carbons (Fsp3) is 0.429. The van der Waals surface area contributed by atoms with Crippen molar-refractivity contribution >= 4 is 38.3 Å². The number of benzene rings is 1. The Bertz CT molecular complexity index is 1170. The number of nitrogens with one attached hydrogen (secondary N) is 2. The van der Waals surface area contributed by atoms with Gasteiger partial charge in [0, 0.05) is 4.88 Å². The molecule has 1 aromatic carbocycles. The predicted molar refractivity (Wildman–Crippen MR) is 118 cm³/mol. The Morgan fingerprint density at radius 3 is 2.35 bits per heavy atom. The number of esters is 2. The van der Waals surface area contributed by atoms with Gasteiger partial charge in [-0.3, -0.25) is 0 Å². The Hall–Kier alpha value is -2.64. The zero-order valence-electron chi connectivity index (χ0n) is 18.3. The Kier molecular flexibility index (Phi) is 7.58. The summed E-state index contributed by atoms with van der Waals surface area (Å²) in [6, 6.07) is 6.30. The number of sulfonamides is 1. The molecule has 1 heterocycles. The zero-order valence-corrected chi connectivity index (χ0v) is 20.0. The lowest BCUT2D eigenvalue weighted by Crippen LogP contribution is -2.69. The molecule has 0 amide bonds. The highest BCUT2D eigenvalue weighted by Crippen LogP contribution is 2.42. The number of alkyl halides is 3. The minimum atomic E-state index is -5.50. The molecule has 186 valence electrons. The van der Waals surface area contributed by atoms with Crippen molar-refractivity contribution in [2.24, 2.45) is 0 Å². The van der Waals surface area contributed by atoms with Gasteiger partial charge in [-0.2, -0.15) is 17.9 Å². The quantitative estimate of drug-likeness (QED) is 0.404. The van der Waals surface area contributed by atoms with Crippen LogP contribution < -0.4 is 10.0 Å². The largest absolute Gasteiger partial charge is 0.465 e. The van der Waals surface area contributed by atoms with Gasteiger partial charge in [-0.05, 0) is 50.3 Å². The average Bonchev–Trinajstić information content (AvgIpc) is 3.15. The van der Waals surface area contributed by atoms with Crippen LogP contribution in [0.5, 0.6) is 0 Å². The van der Waals surface area contributed by atoms with Crippen LogP contribution in [0.2, 0.25) is 0 Å². The highest BCUT2D eigenvalue weighted by Gasteiger charge is 2.65. The van der Waals surface area contributed by atoms with Gasteiger partial charge in [0.25, 0.3) is 5.66 Å². The summed E-state index contributed by atoms with van der Waals surface area (Å²) in [5.41, 5.74) is -3.54. The monoisotopic (exact) mass is 520 g/mol. The number of carbonyl (C=O) groups is 2. The Morgan fingerprint density at radius 2 is 1.76 bits per heavy atom. The second-order valence-corrected chi connectivity index (χ2v) is 10.2. The molecule has 0 fully saturated rings. The molecule has 0 aliphatic heterocycles. The lowest BCUT2D eigenvalue weighted by Gasteiger charge is -2.34. The van der Waals surface area contributed by atoms with Crippen molar-refractivity contribution in [3.8, 4) is 0 Å². The van der Waals surface area contributed by atoms with Crippen molar-refractivity contribution in [2.45, 2.75) is 49.3 Å². The Balaban J connectivity index is 2.20. The summed E-state index contributed by atoms with van der Waals surface area (Å²) in [4.78, 5) is 25.5. The molecular weight excluding hydrogens is 497 g/mol. The van der Waals surface area contributed by atoms with E-state index in [0.717, 1.165) is 43.4 Å². The molecule has 0 spiro atoms. The van der Waals surface area contributed by atoms with Crippen molar-refractivity contribution in [2.75, 3.05) is 19.0 Å². The van der Waals surface area contributed by atoms with Gasteiger partial charge in [0.1, 0.15) is 5.00 Å². The van der Waals surface area contributed by atoms with Crippen molar-refractivity contribution in [1.29, 1.82) is 0 Å². The van der Waals surface area contributed by atoms with Crippen LogP contribution >= 0.6 is 11.3 Å². The Morgan fingerprint density at radius 1 is 1.12 bits per heavy atom. The van der Waals surface area contributed by atoms with Crippen LogP contribution in [0, 0.1) is 0 Å². The third-order valence-corrected chi connectivity index (χ3v) is 7.88. The van der Waals surface area contributed by atoms with E-state index in [1.54, 1.807) is 0 Å². The van der Waals surface area contributed by atoms with E-state index < -0.39 is 45.3 Å². The third-order valence-electron chi connectivity index (χ3n) is 5.21. The van der Waals surface area contributed by atoms with Gasteiger partial charge in [-0.25, -0.2) is 18.0 Å². The van der Waals surface area contributed by atoms with E-state index in [9.17, 15) is 31.2 Å². The number of halogens is 3. The number of anilines is 1. The molecule has 13 heteroatoms. The minimum absolute atomic E-state index is 0.154. The van der Waals surface area contributed by atoms with Crippen LogP contribution in [-0.2, 0) is 37.1 Å². The molecule has 1 aliphatic rings. The van der Waals surface area contributed by atoms with E-state index in [4.69, 9.17) is 4.74 Å². The van der Waals surface area contributed by atoms with E-state index in [2.05, 4.69) is 4.74 Å². The van der Waals surface area contributed by atoms with Crippen molar-refractivity contribution in [1.82, 2.24) is 4.72 Å². The molecule has 0 radical (unpaired) electrons. The van der Waals surface area contributed by atoms with Gasteiger partial charge in [0.05, 0.1) is 24.2 Å². The first-order valence-corrected chi connectivity index (χ1v) is 12.6. The number of carbonyl (C=O) groups excluding carboxylic acids is 2.